The first kappa shape index (κ1) is 70.2. The number of hydrogen-bond acceptors (Lipinski definition) is 25. The second-order valence-corrected chi connectivity index (χ2v) is 28.8. The van der Waals surface area contributed by atoms with Crippen LogP contribution in [-0.4, -0.2) is 245 Å². The first-order valence-electron chi connectivity index (χ1n) is 31.4. The molecule has 5 aliphatic carbocycles. The van der Waals surface area contributed by atoms with E-state index in [2.05, 4.69) is 26.8 Å². The molecule has 0 aromatic carbocycles. The highest BCUT2D eigenvalue weighted by atomic mass is 16.8. The molecule has 4 aliphatic heterocycles. The Hall–Kier alpha value is -3.17. The van der Waals surface area contributed by atoms with Crippen molar-refractivity contribution in [3.63, 3.8) is 0 Å². The van der Waals surface area contributed by atoms with Crippen LogP contribution in [0.5, 0.6) is 0 Å². The van der Waals surface area contributed by atoms with Gasteiger partial charge in [-0.3, -0.25) is 0 Å². The standard InChI is InChI=1S/C63H98O26/c1-13-26(3)52(78)84-44-28(5)80-56(43(74)46(44)85-53(79)27(4)14-2)89-50-49(75)63(25-66)30(21-58(50,6)7)29-15-16-34-60(10)19-18-36(59(8,9)33(60)17-20-61(34,11)62(29,12)22-35(63)67)83-57-48(88-55-41(72)39(70)37(68)31(23-64)81-55)45(42(73)47(87-57)51(76)77)86-54-40(71)38(69)32(24-65)82-54/h13-15,28,30-50,54-57,64-75H,16-25H2,1-12H3,(H,76,77)/b26-13-,27-14-/t28?,30?,31?,32-,33?,34?,35-,36+,37+,38?,39+,40+,41?,42-,43?,44+,45+,46-,47?,48?,49+,50+,54+,55+,56+,57-,60+,61-,62-,63+/m1/s1. The molecule has 9 aliphatic rings. The summed E-state index contributed by atoms with van der Waals surface area (Å²) in [5.74, 6) is -3.81. The third kappa shape index (κ3) is 11.6. The second kappa shape index (κ2) is 25.9. The summed E-state index contributed by atoms with van der Waals surface area (Å²) in [6.45, 7) is 20.4. The van der Waals surface area contributed by atoms with Crippen LogP contribution in [0.2, 0.25) is 0 Å². The van der Waals surface area contributed by atoms with E-state index in [1.807, 2.05) is 27.7 Å². The topological polar surface area (TPSA) is 407 Å². The summed E-state index contributed by atoms with van der Waals surface area (Å²) in [7, 11) is 0. The Labute approximate surface area is 518 Å². The SMILES string of the molecule is C/C=C(/C)C(=O)O[C@@H]1C(O)[C@H](O[C@H]2[C@H](O)[C@@]3(CO)C(CC2(C)C)C2=CCC4[C@@]5(C)CC[C@H](O[C@@H]6OC(C(=O)O)[C@H](O)[C@H](O[C@@H]7O[C@H](CO)C(O)[C@@H]7O)C6O[C@@H]6OC(CO)[C@H](O)[C@H](O)C6O)C(C)(C)C5CC[C@@]4(C)[C@]2(C)C[C@H]3O)OC(C)[C@@H]1OC(=O)/C(C)=C\C. The Morgan fingerprint density at radius 3 is 1.72 bits per heavy atom. The number of ether oxygens (including phenoxy) is 10. The molecular weight excluding hydrogens is 1170 g/mol. The highest BCUT2D eigenvalue weighted by molar-refractivity contribution is 5.88. The molecule has 0 bridgehead atoms. The lowest BCUT2D eigenvalue weighted by atomic mass is 9.33. The van der Waals surface area contributed by atoms with Crippen molar-refractivity contribution in [3.05, 3.63) is 34.9 Å². The number of allylic oxidation sites excluding steroid dienone is 4. The maximum Gasteiger partial charge on any atom is 0.335 e. The van der Waals surface area contributed by atoms with Gasteiger partial charge in [0.2, 0.25) is 0 Å². The Morgan fingerprint density at radius 2 is 1.16 bits per heavy atom. The monoisotopic (exact) mass is 1270 g/mol. The van der Waals surface area contributed by atoms with Crippen LogP contribution in [0.15, 0.2) is 34.9 Å². The number of esters is 2. The molecule has 89 heavy (non-hydrogen) atoms. The summed E-state index contributed by atoms with van der Waals surface area (Å²) in [5.41, 5.74) is -3.33. The fourth-order valence-electron chi connectivity index (χ4n) is 17.6. The van der Waals surface area contributed by atoms with E-state index in [0.717, 1.165) is 5.57 Å². The summed E-state index contributed by atoms with van der Waals surface area (Å²) >= 11 is 0. The van der Waals surface area contributed by atoms with Crippen molar-refractivity contribution in [1.29, 1.82) is 0 Å². The Morgan fingerprint density at radius 1 is 0.607 bits per heavy atom. The van der Waals surface area contributed by atoms with Crippen LogP contribution in [0.1, 0.15) is 128 Å². The van der Waals surface area contributed by atoms with E-state index in [0.29, 0.717) is 38.5 Å². The van der Waals surface area contributed by atoms with Crippen molar-refractivity contribution in [2.24, 2.45) is 50.2 Å². The number of carboxylic acid groups (broad SMARTS) is 1. The number of hydrogen-bond donors (Lipinski definition) is 13. The van der Waals surface area contributed by atoms with Crippen LogP contribution in [-0.2, 0) is 61.8 Å². The zero-order valence-electron chi connectivity index (χ0n) is 52.9. The van der Waals surface area contributed by atoms with Gasteiger partial charge in [0.05, 0.1) is 55.8 Å². The smallest absolute Gasteiger partial charge is 0.335 e. The summed E-state index contributed by atoms with van der Waals surface area (Å²) in [6, 6.07) is 0. The van der Waals surface area contributed by atoms with E-state index in [9.17, 15) is 80.8 Å². The molecule has 0 aromatic rings. The number of carboxylic acids is 1. The minimum Gasteiger partial charge on any atom is -0.479 e. The molecule has 4 saturated carbocycles. The summed E-state index contributed by atoms with van der Waals surface area (Å²) in [5, 5.41) is 146. The van der Waals surface area contributed by atoms with Gasteiger partial charge in [-0.1, -0.05) is 72.3 Å². The van der Waals surface area contributed by atoms with E-state index in [4.69, 9.17) is 47.4 Å². The van der Waals surface area contributed by atoms with Crippen LogP contribution < -0.4 is 0 Å². The van der Waals surface area contributed by atoms with Crippen molar-refractivity contribution >= 4 is 17.9 Å². The number of rotatable bonds is 16. The van der Waals surface area contributed by atoms with Gasteiger partial charge in [-0.2, -0.15) is 0 Å². The van der Waals surface area contributed by atoms with Gasteiger partial charge in [0.25, 0.3) is 0 Å². The molecule has 9 rings (SSSR count). The second-order valence-electron chi connectivity index (χ2n) is 28.8. The van der Waals surface area contributed by atoms with Gasteiger partial charge < -0.3 is 114 Å². The van der Waals surface area contributed by atoms with E-state index in [1.165, 1.54) is 13.0 Å². The predicted octanol–water partition coefficient (Wildman–Crippen LogP) is 0.144. The van der Waals surface area contributed by atoms with Gasteiger partial charge >= 0.3 is 17.9 Å². The first-order valence-corrected chi connectivity index (χ1v) is 31.4. The molecule has 0 amide bonds. The summed E-state index contributed by atoms with van der Waals surface area (Å²) in [6.07, 6.45) is -28.5. The van der Waals surface area contributed by atoms with Crippen LogP contribution in [0.4, 0.5) is 0 Å². The number of carbonyl (C=O) groups excluding carboxylic acids is 2. The largest absolute Gasteiger partial charge is 0.479 e. The summed E-state index contributed by atoms with van der Waals surface area (Å²) in [4.78, 5) is 39.3. The zero-order valence-corrected chi connectivity index (χ0v) is 52.9. The van der Waals surface area contributed by atoms with Crippen LogP contribution >= 0.6 is 0 Å². The Bertz CT molecular complexity index is 2660. The van der Waals surface area contributed by atoms with E-state index in [-0.39, 0.29) is 29.4 Å². The molecule has 506 valence electrons. The normalized spacial score (nSPS) is 49.7. The molecule has 26 heteroatoms. The molecular formula is C63H98O26. The van der Waals surface area contributed by atoms with E-state index in [1.54, 1.807) is 33.8 Å². The molecule has 10 unspecified atom stereocenters. The molecule has 0 aromatic heterocycles. The lowest BCUT2D eigenvalue weighted by Crippen LogP contribution is -2.72. The Kier molecular flexibility index (Phi) is 20.4. The summed E-state index contributed by atoms with van der Waals surface area (Å²) < 4.78 is 61.1. The minimum absolute atomic E-state index is 0.0156. The van der Waals surface area contributed by atoms with Crippen LogP contribution in [0.3, 0.4) is 0 Å². The zero-order chi connectivity index (χ0) is 65.7. The maximum atomic E-state index is 13.3. The van der Waals surface area contributed by atoms with Gasteiger partial charge in [-0.15, -0.1) is 0 Å². The number of aliphatic carboxylic acids is 1. The van der Waals surface area contributed by atoms with E-state index >= 15 is 0 Å². The number of aliphatic hydroxyl groups excluding tert-OH is 12. The van der Waals surface area contributed by atoms with Crippen LogP contribution in [0.25, 0.3) is 0 Å². The molecule has 4 heterocycles. The molecule has 30 atom stereocenters. The molecule has 0 radical (unpaired) electrons. The van der Waals surface area contributed by atoms with Crippen molar-refractivity contribution in [1.82, 2.24) is 0 Å². The van der Waals surface area contributed by atoms with Gasteiger partial charge in [-0.25, -0.2) is 14.4 Å². The first-order chi connectivity index (χ1) is 41.6. The van der Waals surface area contributed by atoms with Crippen molar-refractivity contribution in [3.8, 4) is 0 Å². The van der Waals surface area contributed by atoms with Gasteiger partial charge in [0.1, 0.15) is 67.1 Å². The van der Waals surface area contributed by atoms with Gasteiger partial charge in [0.15, 0.2) is 43.5 Å². The average Bonchev–Trinajstić information content (AvgIpc) is 0.921. The lowest BCUT2D eigenvalue weighted by molar-refractivity contribution is -0.386. The predicted molar refractivity (Wildman–Crippen MR) is 307 cm³/mol. The molecule has 4 saturated heterocycles. The highest BCUT2D eigenvalue weighted by Gasteiger charge is 2.73. The van der Waals surface area contributed by atoms with E-state index < -0.39 is 217 Å². The number of aliphatic hydroxyl groups is 12. The van der Waals surface area contributed by atoms with Crippen LogP contribution in [0, 0.1) is 50.2 Å². The third-order valence-corrected chi connectivity index (χ3v) is 23.3. The average molecular weight is 1270 g/mol. The molecule has 13 N–H and O–H groups in total. The molecule has 0 spiro atoms. The van der Waals surface area contributed by atoms with Gasteiger partial charge in [-0.05, 0) is 124 Å². The molecule has 26 nitrogen and oxygen atoms in total. The quantitative estimate of drug-likeness (QED) is 0.0423. The van der Waals surface area contributed by atoms with Crippen molar-refractivity contribution < 1.29 is 128 Å². The van der Waals surface area contributed by atoms with Gasteiger partial charge in [0, 0.05) is 11.1 Å². The number of fused-ring (bicyclic) bond motifs is 7. The minimum atomic E-state index is -2.12. The molecule has 8 fully saturated rings. The van der Waals surface area contributed by atoms with Crippen molar-refractivity contribution in [2.75, 3.05) is 19.8 Å². The fourth-order valence-corrected chi connectivity index (χ4v) is 17.6. The lowest BCUT2D eigenvalue weighted by Gasteiger charge is -2.72. The number of carbonyl (C=O) groups is 3. The third-order valence-electron chi connectivity index (χ3n) is 23.3. The Balaban J connectivity index is 0.986. The van der Waals surface area contributed by atoms with Crippen molar-refractivity contribution in [2.45, 2.75) is 269 Å². The highest BCUT2D eigenvalue weighted by Crippen LogP contribution is 2.76. The maximum absolute atomic E-state index is 13.3. The fraction of sp³-hybridized carbons (Fsp3) is 0.857.